The molecule has 1 rings (SSSR count). The van der Waals surface area contributed by atoms with Crippen molar-refractivity contribution >= 4 is 47.9 Å². The van der Waals surface area contributed by atoms with Crippen LogP contribution in [-0.2, 0) is 19.1 Å². The van der Waals surface area contributed by atoms with Gasteiger partial charge in [-0.05, 0) is 6.42 Å². The Balaban J connectivity index is 3.39. The van der Waals surface area contributed by atoms with Crippen molar-refractivity contribution in [2.75, 3.05) is 25.7 Å². The molecule has 8 heteroatoms. The molecule has 1 aliphatic heterocycles. The van der Waals surface area contributed by atoms with E-state index < -0.39 is 20.0 Å². The molecule has 21 heavy (non-hydrogen) atoms. The average molecular weight is 348 g/mol. The first kappa shape index (κ1) is 18.3. The molecule has 0 atom stereocenters. The highest BCUT2D eigenvalue weighted by Crippen LogP contribution is 2.29. The number of hydrogen-bond acceptors (Lipinski definition) is 7. The minimum Gasteiger partial charge on any atom is -0.466 e. The topological polar surface area (TPSA) is 65.0 Å². The zero-order valence-electron chi connectivity index (χ0n) is 13.0. The minimum absolute atomic E-state index is 0.0976. The lowest BCUT2D eigenvalue weighted by Crippen LogP contribution is -2.33. The third-order valence-corrected chi connectivity index (χ3v) is 7.01. The van der Waals surface area contributed by atoms with Gasteiger partial charge in [-0.2, -0.15) is 0 Å². The van der Waals surface area contributed by atoms with Crippen LogP contribution in [0, 0.1) is 0 Å². The molecule has 1 heterocycles. The number of carbonyl (C=O) groups excluding carboxylic acids is 2. The van der Waals surface area contributed by atoms with E-state index in [2.05, 4.69) is 4.99 Å². The molecule has 0 spiro atoms. The van der Waals surface area contributed by atoms with Crippen LogP contribution in [0.2, 0.25) is 19.6 Å². The summed E-state index contributed by atoms with van der Waals surface area (Å²) in [5.74, 6) is 0.864. The number of esters is 2. The summed E-state index contributed by atoms with van der Waals surface area (Å²) in [5, 5.41) is 0.371. The molecule has 5 nitrogen and oxygen atoms in total. The SMILES string of the molecule is COC(=O)/C(N=C1SCCCS1)=C(\C(=O)OC)[Si](C)(C)C. The van der Waals surface area contributed by atoms with Crippen molar-refractivity contribution < 1.29 is 19.1 Å². The molecule has 0 aliphatic carbocycles. The number of rotatable bonds is 4. The standard InChI is InChI=1S/C13H21NO4S2Si/c1-17-11(15)9(14-13-19-7-6-8-20-13)10(12(16)18-2)21(3,4)5/h6-8H2,1-5H3/b10-9-. The second-order valence-electron chi connectivity index (χ2n) is 5.38. The first-order valence-corrected chi connectivity index (χ1v) is 12.0. The fraction of sp³-hybridized carbons (Fsp3) is 0.615. The second kappa shape index (κ2) is 8.05. The van der Waals surface area contributed by atoms with Crippen molar-refractivity contribution in [3.8, 4) is 0 Å². The van der Waals surface area contributed by atoms with Gasteiger partial charge in [0.15, 0.2) is 5.70 Å². The van der Waals surface area contributed by atoms with E-state index in [1.54, 1.807) is 23.5 Å². The normalized spacial score (nSPS) is 16.9. The van der Waals surface area contributed by atoms with E-state index in [-0.39, 0.29) is 5.70 Å². The van der Waals surface area contributed by atoms with Gasteiger partial charge in [-0.3, -0.25) is 0 Å². The summed E-state index contributed by atoms with van der Waals surface area (Å²) >= 11 is 3.20. The van der Waals surface area contributed by atoms with Gasteiger partial charge in [0.25, 0.3) is 0 Å². The lowest BCUT2D eigenvalue weighted by molar-refractivity contribution is -0.138. The number of methoxy groups -OCH3 is 2. The monoisotopic (exact) mass is 347 g/mol. The molecule has 1 saturated heterocycles. The fourth-order valence-electron chi connectivity index (χ4n) is 1.74. The largest absolute Gasteiger partial charge is 0.466 e. The Morgan fingerprint density at radius 2 is 1.57 bits per heavy atom. The van der Waals surface area contributed by atoms with E-state index in [1.165, 1.54) is 14.2 Å². The summed E-state index contributed by atoms with van der Waals surface area (Å²) in [6.45, 7) is 5.93. The van der Waals surface area contributed by atoms with Crippen LogP contribution in [0.1, 0.15) is 6.42 Å². The van der Waals surface area contributed by atoms with Crippen molar-refractivity contribution in [3.05, 3.63) is 10.9 Å². The highest BCUT2D eigenvalue weighted by molar-refractivity contribution is 8.39. The van der Waals surface area contributed by atoms with Gasteiger partial charge in [0.2, 0.25) is 0 Å². The lowest BCUT2D eigenvalue weighted by atomic mass is 10.4. The molecule has 0 bridgehead atoms. The smallest absolute Gasteiger partial charge is 0.356 e. The van der Waals surface area contributed by atoms with Crippen LogP contribution in [0.3, 0.4) is 0 Å². The Morgan fingerprint density at radius 1 is 1.05 bits per heavy atom. The molecule has 0 radical (unpaired) electrons. The van der Waals surface area contributed by atoms with Gasteiger partial charge in [-0.25, -0.2) is 14.6 Å². The molecule has 0 aromatic rings. The molecular formula is C13H21NO4S2Si. The Labute approximate surface area is 134 Å². The zero-order valence-corrected chi connectivity index (χ0v) is 15.7. The number of ether oxygens (including phenoxy) is 2. The Hall–Kier alpha value is -0.733. The van der Waals surface area contributed by atoms with Crippen LogP contribution in [-0.4, -0.2) is 50.1 Å². The van der Waals surface area contributed by atoms with E-state index in [1.807, 2.05) is 19.6 Å². The third kappa shape index (κ3) is 5.19. The molecule has 0 unspecified atom stereocenters. The Morgan fingerprint density at radius 3 is 2.00 bits per heavy atom. The molecule has 0 N–H and O–H groups in total. The second-order valence-corrected chi connectivity index (χ2v) is 12.8. The number of thioether (sulfide) groups is 2. The first-order valence-electron chi connectivity index (χ1n) is 6.57. The molecular weight excluding hydrogens is 326 g/mol. The van der Waals surface area contributed by atoms with Crippen LogP contribution in [0.5, 0.6) is 0 Å². The van der Waals surface area contributed by atoms with E-state index in [0.717, 1.165) is 22.3 Å². The van der Waals surface area contributed by atoms with Crippen molar-refractivity contribution in [2.24, 2.45) is 4.99 Å². The van der Waals surface area contributed by atoms with Crippen molar-refractivity contribution in [1.82, 2.24) is 0 Å². The highest BCUT2D eigenvalue weighted by Gasteiger charge is 2.34. The summed E-state index contributed by atoms with van der Waals surface area (Å²) in [5.41, 5.74) is 0.0976. The highest BCUT2D eigenvalue weighted by atomic mass is 32.2. The zero-order chi connectivity index (χ0) is 16.0. The Kier molecular flexibility index (Phi) is 7.02. The van der Waals surface area contributed by atoms with E-state index in [0.29, 0.717) is 5.20 Å². The molecule has 118 valence electrons. The maximum Gasteiger partial charge on any atom is 0.356 e. The average Bonchev–Trinajstić information content (AvgIpc) is 2.45. The summed E-state index contributed by atoms with van der Waals surface area (Å²) < 4.78 is 10.5. The fourth-order valence-corrected chi connectivity index (χ4v) is 5.57. The minimum atomic E-state index is -2.12. The van der Waals surface area contributed by atoms with E-state index >= 15 is 0 Å². The number of carbonyl (C=O) groups is 2. The predicted molar refractivity (Wildman–Crippen MR) is 91.4 cm³/mol. The van der Waals surface area contributed by atoms with Crippen LogP contribution in [0.15, 0.2) is 15.9 Å². The van der Waals surface area contributed by atoms with Crippen molar-refractivity contribution in [1.29, 1.82) is 0 Å². The van der Waals surface area contributed by atoms with Crippen LogP contribution in [0.4, 0.5) is 0 Å². The summed E-state index contributed by atoms with van der Waals surface area (Å²) in [6, 6.07) is 0. The molecule has 1 fully saturated rings. The van der Waals surface area contributed by atoms with Gasteiger partial charge in [0.05, 0.1) is 27.5 Å². The first-order chi connectivity index (χ1) is 9.81. The molecule has 0 aromatic heterocycles. The van der Waals surface area contributed by atoms with Crippen LogP contribution >= 0.6 is 23.5 Å². The van der Waals surface area contributed by atoms with Gasteiger partial charge < -0.3 is 9.47 Å². The molecule has 0 saturated carbocycles. The van der Waals surface area contributed by atoms with Crippen LogP contribution < -0.4 is 0 Å². The van der Waals surface area contributed by atoms with Gasteiger partial charge in [-0.1, -0.05) is 43.2 Å². The van der Waals surface area contributed by atoms with Gasteiger partial charge >= 0.3 is 11.9 Å². The summed E-state index contributed by atoms with van der Waals surface area (Å²) in [7, 11) is 0.490. The van der Waals surface area contributed by atoms with Gasteiger partial charge in [0, 0.05) is 11.5 Å². The van der Waals surface area contributed by atoms with Gasteiger partial charge in [0.1, 0.15) is 4.38 Å². The Bertz CT molecular complexity index is 475. The molecule has 0 aromatic carbocycles. The van der Waals surface area contributed by atoms with E-state index in [4.69, 9.17) is 9.47 Å². The van der Waals surface area contributed by atoms with Gasteiger partial charge in [-0.15, -0.1) is 0 Å². The third-order valence-electron chi connectivity index (χ3n) is 2.70. The summed E-state index contributed by atoms with van der Waals surface area (Å²) in [4.78, 5) is 28.7. The number of aliphatic imine (C=N–C) groups is 1. The van der Waals surface area contributed by atoms with Crippen molar-refractivity contribution in [3.63, 3.8) is 0 Å². The maximum atomic E-state index is 12.1. The van der Waals surface area contributed by atoms with E-state index in [9.17, 15) is 9.59 Å². The van der Waals surface area contributed by atoms with Crippen LogP contribution in [0.25, 0.3) is 0 Å². The maximum absolute atomic E-state index is 12.1. The molecule has 0 amide bonds. The summed E-state index contributed by atoms with van der Waals surface area (Å²) in [6.07, 6.45) is 1.11. The lowest BCUT2D eigenvalue weighted by Gasteiger charge is -2.21. The quantitative estimate of drug-likeness (QED) is 0.442. The molecule has 1 aliphatic rings. The predicted octanol–water partition coefficient (Wildman–Crippen LogP) is 2.69. The number of nitrogens with zero attached hydrogens (tertiary/aromatic N) is 1. The van der Waals surface area contributed by atoms with Crippen molar-refractivity contribution in [2.45, 2.75) is 26.1 Å². The number of hydrogen-bond donors (Lipinski definition) is 0.